The third-order valence-corrected chi connectivity index (χ3v) is 2.24. The number of carboxylic acids is 1. The van der Waals surface area contributed by atoms with Crippen molar-refractivity contribution in [3.05, 3.63) is 23.9 Å². The number of hydrogen-bond acceptors (Lipinski definition) is 4. The Labute approximate surface area is 117 Å². The molecule has 0 saturated carbocycles. The van der Waals surface area contributed by atoms with Gasteiger partial charge in [-0.1, -0.05) is 0 Å². The SMILES string of the molecule is CC(CC(=O)O)NC(=O)c1ccc(OCC(F)(F)F)nc1. The molecule has 1 heterocycles. The summed E-state index contributed by atoms with van der Waals surface area (Å²) in [6.45, 7) is 0.0431. The molecule has 2 N–H and O–H groups in total. The molecule has 1 atom stereocenters. The zero-order valence-corrected chi connectivity index (χ0v) is 11.0. The number of halogens is 3. The van der Waals surface area contributed by atoms with Gasteiger partial charge in [0, 0.05) is 18.3 Å². The summed E-state index contributed by atoms with van der Waals surface area (Å²) < 4.78 is 40.2. The van der Waals surface area contributed by atoms with E-state index < -0.39 is 30.7 Å². The summed E-state index contributed by atoms with van der Waals surface area (Å²) >= 11 is 0. The Kier molecular flexibility index (Phi) is 5.51. The zero-order chi connectivity index (χ0) is 16.0. The second-order valence-electron chi connectivity index (χ2n) is 4.26. The molecule has 0 spiro atoms. The molecule has 1 rings (SSSR count). The van der Waals surface area contributed by atoms with Crippen molar-refractivity contribution in [1.29, 1.82) is 0 Å². The Morgan fingerprint density at radius 3 is 2.57 bits per heavy atom. The Balaban J connectivity index is 2.57. The molecule has 0 aliphatic rings. The van der Waals surface area contributed by atoms with E-state index in [0.29, 0.717) is 0 Å². The van der Waals surface area contributed by atoms with Crippen LogP contribution < -0.4 is 10.1 Å². The van der Waals surface area contributed by atoms with E-state index in [-0.39, 0.29) is 17.9 Å². The lowest BCUT2D eigenvalue weighted by atomic mass is 10.2. The Bertz CT molecular complexity index is 502. The molecule has 0 bridgehead atoms. The molecule has 1 aromatic heterocycles. The smallest absolute Gasteiger partial charge is 0.422 e. The third-order valence-electron chi connectivity index (χ3n) is 2.24. The van der Waals surface area contributed by atoms with Crippen molar-refractivity contribution in [2.45, 2.75) is 25.6 Å². The Morgan fingerprint density at radius 1 is 1.43 bits per heavy atom. The summed E-state index contributed by atoms with van der Waals surface area (Å²) in [6.07, 6.45) is -3.66. The Morgan fingerprint density at radius 2 is 2.10 bits per heavy atom. The highest BCUT2D eigenvalue weighted by atomic mass is 19.4. The van der Waals surface area contributed by atoms with E-state index in [2.05, 4.69) is 15.0 Å². The van der Waals surface area contributed by atoms with Crippen LogP contribution in [0.1, 0.15) is 23.7 Å². The highest BCUT2D eigenvalue weighted by molar-refractivity contribution is 5.94. The number of pyridine rings is 1. The lowest BCUT2D eigenvalue weighted by Crippen LogP contribution is -2.34. The van der Waals surface area contributed by atoms with Gasteiger partial charge in [0.15, 0.2) is 6.61 Å². The predicted octanol–water partition coefficient (Wildman–Crippen LogP) is 1.62. The molecule has 9 heteroatoms. The summed E-state index contributed by atoms with van der Waals surface area (Å²) in [5, 5.41) is 11.0. The summed E-state index contributed by atoms with van der Waals surface area (Å²) in [4.78, 5) is 25.7. The molecule has 0 saturated heterocycles. The van der Waals surface area contributed by atoms with Crippen molar-refractivity contribution in [2.24, 2.45) is 0 Å². The van der Waals surface area contributed by atoms with Gasteiger partial charge in [-0.15, -0.1) is 0 Å². The van der Waals surface area contributed by atoms with Gasteiger partial charge in [0.05, 0.1) is 12.0 Å². The van der Waals surface area contributed by atoms with Gasteiger partial charge in [0.25, 0.3) is 5.91 Å². The summed E-state index contributed by atoms with van der Waals surface area (Å²) in [7, 11) is 0. The van der Waals surface area contributed by atoms with Crippen LogP contribution in [-0.4, -0.2) is 40.8 Å². The van der Waals surface area contributed by atoms with E-state index in [1.165, 1.54) is 13.0 Å². The van der Waals surface area contributed by atoms with Crippen molar-refractivity contribution in [1.82, 2.24) is 10.3 Å². The van der Waals surface area contributed by atoms with E-state index in [0.717, 1.165) is 12.3 Å². The summed E-state index contributed by atoms with van der Waals surface area (Å²) in [5.74, 6) is -1.89. The van der Waals surface area contributed by atoms with Crippen LogP contribution in [0.4, 0.5) is 13.2 Å². The second-order valence-corrected chi connectivity index (χ2v) is 4.26. The van der Waals surface area contributed by atoms with Crippen LogP contribution in [0.2, 0.25) is 0 Å². The molecule has 6 nitrogen and oxygen atoms in total. The molecular weight excluding hydrogens is 293 g/mol. The number of hydrogen-bond donors (Lipinski definition) is 2. The lowest BCUT2D eigenvalue weighted by Gasteiger charge is -2.12. The van der Waals surface area contributed by atoms with Gasteiger partial charge in [-0.05, 0) is 13.0 Å². The molecule has 0 radical (unpaired) electrons. The maximum Gasteiger partial charge on any atom is 0.422 e. The number of aromatic nitrogens is 1. The fraction of sp³-hybridized carbons (Fsp3) is 0.417. The first kappa shape index (κ1) is 16.7. The summed E-state index contributed by atoms with van der Waals surface area (Å²) in [6, 6.07) is 1.78. The number of carbonyl (C=O) groups excluding carboxylic acids is 1. The second kappa shape index (κ2) is 6.91. The van der Waals surface area contributed by atoms with Crippen molar-refractivity contribution < 1.29 is 32.6 Å². The number of alkyl halides is 3. The third kappa shape index (κ3) is 6.59. The zero-order valence-electron chi connectivity index (χ0n) is 11.0. The molecule has 116 valence electrons. The number of nitrogens with one attached hydrogen (secondary N) is 1. The first-order valence-corrected chi connectivity index (χ1v) is 5.85. The minimum Gasteiger partial charge on any atom is -0.481 e. The first-order chi connectivity index (χ1) is 9.67. The van der Waals surface area contributed by atoms with Gasteiger partial charge in [-0.25, -0.2) is 4.98 Å². The number of carbonyl (C=O) groups is 2. The maximum atomic E-state index is 11.9. The van der Waals surface area contributed by atoms with Crippen LogP contribution in [0.15, 0.2) is 18.3 Å². The number of rotatable bonds is 6. The largest absolute Gasteiger partial charge is 0.481 e. The minimum atomic E-state index is -4.47. The van der Waals surface area contributed by atoms with Crippen LogP contribution in [0, 0.1) is 0 Å². The van der Waals surface area contributed by atoms with E-state index >= 15 is 0 Å². The van der Waals surface area contributed by atoms with Crippen LogP contribution >= 0.6 is 0 Å². The van der Waals surface area contributed by atoms with Crippen molar-refractivity contribution in [3.8, 4) is 5.88 Å². The number of ether oxygens (including phenoxy) is 1. The average Bonchev–Trinajstić information content (AvgIpc) is 2.35. The monoisotopic (exact) mass is 306 g/mol. The molecule has 1 aromatic rings. The number of carboxylic acid groups (broad SMARTS) is 1. The standard InChI is InChI=1S/C12H13F3N2O4/c1-7(4-10(18)19)17-11(20)8-2-3-9(16-5-8)21-6-12(13,14)15/h2-3,5,7H,4,6H2,1H3,(H,17,20)(H,18,19). The van der Waals surface area contributed by atoms with Gasteiger partial charge >= 0.3 is 12.1 Å². The normalized spacial score (nSPS) is 12.6. The number of aliphatic carboxylic acids is 1. The lowest BCUT2D eigenvalue weighted by molar-refractivity contribution is -0.154. The van der Waals surface area contributed by atoms with Gasteiger partial charge in [0.2, 0.25) is 5.88 Å². The Hall–Kier alpha value is -2.32. The molecule has 0 fully saturated rings. The van der Waals surface area contributed by atoms with Crippen LogP contribution in [0.3, 0.4) is 0 Å². The van der Waals surface area contributed by atoms with Gasteiger partial charge < -0.3 is 15.2 Å². The molecule has 1 amide bonds. The van der Waals surface area contributed by atoms with E-state index in [9.17, 15) is 22.8 Å². The van der Waals surface area contributed by atoms with E-state index in [1.807, 2.05) is 0 Å². The topological polar surface area (TPSA) is 88.5 Å². The van der Waals surface area contributed by atoms with Crippen molar-refractivity contribution in [2.75, 3.05) is 6.61 Å². The maximum absolute atomic E-state index is 11.9. The fourth-order valence-corrected chi connectivity index (χ4v) is 1.38. The van der Waals surface area contributed by atoms with E-state index in [1.54, 1.807) is 0 Å². The summed E-state index contributed by atoms with van der Waals surface area (Å²) in [5.41, 5.74) is 0.0894. The molecular formula is C12H13F3N2O4. The van der Waals surface area contributed by atoms with Crippen LogP contribution in [0.5, 0.6) is 5.88 Å². The molecule has 0 aliphatic heterocycles. The number of nitrogens with zero attached hydrogens (tertiary/aromatic N) is 1. The van der Waals surface area contributed by atoms with Crippen LogP contribution in [-0.2, 0) is 4.79 Å². The highest BCUT2D eigenvalue weighted by Crippen LogP contribution is 2.17. The van der Waals surface area contributed by atoms with Crippen molar-refractivity contribution >= 4 is 11.9 Å². The predicted molar refractivity (Wildman–Crippen MR) is 65.0 cm³/mol. The van der Waals surface area contributed by atoms with Crippen LogP contribution in [0.25, 0.3) is 0 Å². The molecule has 0 aromatic carbocycles. The highest BCUT2D eigenvalue weighted by Gasteiger charge is 2.28. The first-order valence-electron chi connectivity index (χ1n) is 5.85. The quantitative estimate of drug-likeness (QED) is 0.833. The van der Waals surface area contributed by atoms with E-state index in [4.69, 9.17) is 5.11 Å². The minimum absolute atomic E-state index is 0.0894. The van der Waals surface area contributed by atoms with Gasteiger partial charge in [-0.2, -0.15) is 13.2 Å². The molecule has 21 heavy (non-hydrogen) atoms. The van der Waals surface area contributed by atoms with Gasteiger partial charge in [0.1, 0.15) is 0 Å². The molecule has 0 aliphatic carbocycles. The van der Waals surface area contributed by atoms with Crippen molar-refractivity contribution in [3.63, 3.8) is 0 Å². The number of amides is 1. The fourth-order valence-electron chi connectivity index (χ4n) is 1.38. The molecule has 1 unspecified atom stereocenters. The average molecular weight is 306 g/mol. The van der Waals surface area contributed by atoms with Gasteiger partial charge in [-0.3, -0.25) is 9.59 Å².